The maximum Gasteiger partial charge on any atom is 0.0356 e. The molecular weight excluding hydrogens is 124 g/mol. The van der Waals surface area contributed by atoms with E-state index in [0.717, 1.165) is 13.1 Å². The van der Waals surface area contributed by atoms with Gasteiger partial charge in [-0.15, -0.1) is 0 Å². The molecule has 2 nitrogen and oxygen atoms in total. The molecule has 2 heteroatoms. The van der Waals surface area contributed by atoms with Crippen molar-refractivity contribution < 1.29 is 0 Å². The summed E-state index contributed by atoms with van der Waals surface area (Å²) >= 11 is 0. The van der Waals surface area contributed by atoms with E-state index in [1.165, 1.54) is 5.70 Å². The molecule has 0 atom stereocenters. The zero-order valence-electron chi connectivity index (χ0n) is 6.59. The molecule has 0 aromatic heterocycles. The van der Waals surface area contributed by atoms with Crippen molar-refractivity contribution in [2.75, 3.05) is 27.2 Å². The lowest BCUT2D eigenvalue weighted by Crippen LogP contribution is -2.26. The number of nitrogens with zero attached hydrogens (tertiary/aromatic N) is 1. The highest BCUT2D eigenvalue weighted by Crippen LogP contribution is 2.04. The van der Waals surface area contributed by atoms with Crippen LogP contribution in [0, 0.1) is 0 Å². The Morgan fingerprint density at radius 1 is 1.70 bits per heavy atom. The summed E-state index contributed by atoms with van der Waals surface area (Å²) in [5, 5.41) is 3.12. The lowest BCUT2D eigenvalue weighted by molar-refractivity contribution is 0.443. The van der Waals surface area contributed by atoms with Gasteiger partial charge < -0.3 is 10.2 Å². The van der Waals surface area contributed by atoms with E-state index in [1.54, 1.807) is 0 Å². The Bertz CT molecular complexity index is 159. The molecule has 0 fully saturated rings. The van der Waals surface area contributed by atoms with Crippen LogP contribution < -0.4 is 5.32 Å². The fraction of sp³-hybridized carbons (Fsp3) is 0.500. The first-order chi connectivity index (χ1) is 4.84. The van der Waals surface area contributed by atoms with E-state index in [-0.39, 0.29) is 0 Å². The maximum atomic E-state index is 3.12. The molecule has 0 unspecified atom stereocenters. The molecule has 0 aliphatic carbocycles. The van der Waals surface area contributed by atoms with Crippen molar-refractivity contribution >= 4 is 0 Å². The maximum absolute atomic E-state index is 3.12. The normalized spacial score (nSPS) is 17.4. The van der Waals surface area contributed by atoms with Crippen LogP contribution in [-0.2, 0) is 0 Å². The molecule has 1 heterocycles. The van der Waals surface area contributed by atoms with Crippen LogP contribution >= 0.6 is 0 Å². The Kier molecular flexibility index (Phi) is 2.51. The fourth-order valence-electron chi connectivity index (χ4n) is 1.02. The molecule has 0 aromatic rings. The van der Waals surface area contributed by atoms with Gasteiger partial charge in [0.1, 0.15) is 0 Å². The minimum Gasteiger partial charge on any atom is -0.373 e. The Morgan fingerprint density at radius 3 is 3.10 bits per heavy atom. The summed E-state index contributed by atoms with van der Waals surface area (Å²) in [6.07, 6.45) is 6.39. The molecular formula is C8H14N2. The van der Waals surface area contributed by atoms with Gasteiger partial charge in [-0.25, -0.2) is 0 Å². The molecule has 10 heavy (non-hydrogen) atoms. The number of hydrogen-bond donors (Lipinski definition) is 1. The predicted octanol–water partition coefficient (Wildman–Crippen LogP) is 0.591. The van der Waals surface area contributed by atoms with Gasteiger partial charge in [-0.3, -0.25) is 0 Å². The molecule has 0 aromatic carbocycles. The van der Waals surface area contributed by atoms with Crippen molar-refractivity contribution in [3.63, 3.8) is 0 Å². The molecule has 0 radical (unpaired) electrons. The largest absolute Gasteiger partial charge is 0.373 e. The molecule has 1 aliphatic rings. The van der Waals surface area contributed by atoms with Gasteiger partial charge in [0.15, 0.2) is 0 Å². The molecule has 0 saturated heterocycles. The van der Waals surface area contributed by atoms with Crippen LogP contribution in [0.25, 0.3) is 0 Å². The smallest absolute Gasteiger partial charge is 0.0356 e. The van der Waals surface area contributed by atoms with Crippen LogP contribution in [0.2, 0.25) is 0 Å². The summed E-state index contributed by atoms with van der Waals surface area (Å²) in [6.45, 7) is 1.99. The molecule has 0 saturated carbocycles. The number of hydrogen-bond acceptors (Lipinski definition) is 2. The third-order valence-electron chi connectivity index (χ3n) is 1.65. The summed E-state index contributed by atoms with van der Waals surface area (Å²) in [5.41, 5.74) is 1.35. The van der Waals surface area contributed by atoms with Crippen molar-refractivity contribution in [2.45, 2.75) is 0 Å². The fourth-order valence-corrected chi connectivity index (χ4v) is 1.02. The van der Waals surface area contributed by atoms with E-state index in [4.69, 9.17) is 0 Å². The van der Waals surface area contributed by atoms with Crippen LogP contribution in [0.4, 0.5) is 0 Å². The SMILES string of the molecule is CNCC1=CC=CCN1C. The van der Waals surface area contributed by atoms with Gasteiger partial charge in [-0.2, -0.15) is 0 Å². The zero-order chi connectivity index (χ0) is 7.40. The monoisotopic (exact) mass is 138 g/mol. The van der Waals surface area contributed by atoms with Crippen molar-refractivity contribution in [2.24, 2.45) is 0 Å². The molecule has 0 amide bonds. The Labute approximate surface area is 62.2 Å². The second kappa shape index (κ2) is 3.42. The second-order valence-electron chi connectivity index (χ2n) is 2.50. The first kappa shape index (κ1) is 7.35. The number of allylic oxidation sites excluding steroid dienone is 2. The molecule has 0 spiro atoms. The summed E-state index contributed by atoms with van der Waals surface area (Å²) in [7, 11) is 4.07. The van der Waals surface area contributed by atoms with Crippen LogP contribution in [0.15, 0.2) is 23.9 Å². The van der Waals surface area contributed by atoms with Gasteiger partial charge >= 0.3 is 0 Å². The minimum absolute atomic E-state index is 0.959. The molecule has 1 aliphatic heterocycles. The average Bonchev–Trinajstić information content (AvgIpc) is 1.94. The summed E-state index contributed by atoms with van der Waals surface area (Å²) in [5.74, 6) is 0. The zero-order valence-corrected chi connectivity index (χ0v) is 6.59. The van der Waals surface area contributed by atoms with Crippen LogP contribution in [0.3, 0.4) is 0 Å². The number of rotatable bonds is 2. The van der Waals surface area contributed by atoms with Crippen LogP contribution in [0.1, 0.15) is 0 Å². The molecule has 56 valence electrons. The van der Waals surface area contributed by atoms with E-state index in [1.807, 2.05) is 7.05 Å². The van der Waals surface area contributed by atoms with Crippen molar-refractivity contribution in [1.82, 2.24) is 10.2 Å². The van der Waals surface area contributed by atoms with Crippen molar-refractivity contribution in [1.29, 1.82) is 0 Å². The van der Waals surface area contributed by atoms with Crippen LogP contribution in [-0.4, -0.2) is 32.1 Å². The van der Waals surface area contributed by atoms with Gasteiger partial charge in [0, 0.05) is 25.8 Å². The van der Waals surface area contributed by atoms with Crippen molar-refractivity contribution in [3.05, 3.63) is 23.9 Å². The molecule has 0 bridgehead atoms. The third kappa shape index (κ3) is 1.61. The van der Waals surface area contributed by atoms with E-state index >= 15 is 0 Å². The van der Waals surface area contributed by atoms with Gasteiger partial charge in [-0.05, 0) is 13.1 Å². The van der Waals surface area contributed by atoms with Gasteiger partial charge in [0.2, 0.25) is 0 Å². The number of nitrogens with one attached hydrogen (secondary N) is 1. The van der Waals surface area contributed by atoms with Gasteiger partial charge in [0.05, 0.1) is 0 Å². The van der Waals surface area contributed by atoms with E-state index in [2.05, 4.69) is 35.5 Å². The predicted molar refractivity (Wildman–Crippen MR) is 43.8 cm³/mol. The number of likely N-dealkylation sites (N-methyl/N-ethyl adjacent to an activating group) is 2. The standard InChI is InChI=1S/C8H14N2/c1-9-7-8-5-3-4-6-10(8)2/h3-5,9H,6-7H2,1-2H3. The van der Waals surface area contributed by atoms with E-state index in [9.17, 15) is 0 Å². The van der Waals surface area contributed by atoms with Gasteiger partial charge in [0.25, 0.3) is 0 Å². The second-order valence-corrected chi connectivity index (χ2v) is 2.50. The Morgan fingerprint density at radius 2 is 2.50 bits per heavy atom. The summed E-state index contributed by atoms with van der Waals surface area (Å²) in [4.78, 5) is 2.23. The minimum atomic E-state index is 0.959. The molecule has 1 rings (SSSR count). The summed E-state index contributed by atoms with van der Waals surface area (Å²) in [6, 6.07) is 0. The van der Waals surface area contributed by atoms with Gasteiger partial charge in [-0.1, -0.05) is 12.2 Å². The average molecular weight is 138 g/mol. The first-order valence-corrected chi connectivity index (χ1v) is 3.56. The highest BCUT2D eigenvalue weighted by molar-refractivity contribution is 5.17. The van der Waals surface area contributed by atoms with E-state index < -0.39 is 0 Å². The Balaban J connectivity index is 2.52. The third-order valence-corrected chi connectivity index (χ3v) is 1.65. The highest BCUT2D eigenvalue weighted by Gasteiger charge is 2.02. The first-order valence-electron chi connectivity index (χ1n) is 3.56. The topological polar surface area (TPSA) is 15.3 Å². The van der Waals surface area contributed by atoms with E-state index in [0.29, 0.717) is 0 Å². The molecule has 1 N–H and O–H groups in total. The Hall–Kier alpha value is -0.760. The van der Waals surface area contributed by atoms with Crippen LogP contribution in [0.5, 0.6) is 0 Å². The summed E-state index contributed by atoms with van der Waals surface area (Å²) < 4.78 is 0. The lowest BCUT2D eigenvalue weighted by Gasteiger charge is -2.22. The van der Waals surface area contributed by atoms with Crippen molar-refractivity contribution in [3.8, 4) is 0 Å². The highest BCUT2D eigenvalue weighted by atomic mass is 15.1. The quantitative estimate of drug-likeness (QED) is 0.601. The lowest BCUT2D eigenvalue weighted by atomic mass is 10.2.